The van der Waals surface area contributed by atoms with Gasteiger partial charge in [0, 0.05) is 6.54 Å². The topological polar surface area (TPSA) is 75.3 Å². The summed E-state index contributed by atoms with van der Waals surface area (Å²) in [5.41, 5.74) is 1.73. The maximum Gasteiger partial charge on any atom is 0.253 e. The first kappa shape index (κ1) is 13.7. The number of nitrogens with one attached hydrogen (secondary N) is 1. The molecule has 2 aromatic rings. The van der Waals surface area contributed by atoms with Crippen LogP contribution in [0.5, 0.6) is 0 Å². The number of aryl methyl sites for hydroxylation is 1. The van der Waals surface area contributed by atoms with Gasteiger partial charge in [-0.3, -0.25) is 5.10 Å². The third-order valence-corrected chi connectivity index (χ3v) is 6.62. The minimum atomic E-state index is -3.49. The molecule has 0 radical (unpaired) electrons. The minimum absolute atomic E-state index is 0.341. The number of ether oxygens (including phenoxy) is 1. The van der Waals surface area contributed by atoms with Gasteiger partial charge in [-0.1, -0.05) is 6.07 Å². The van der Waals surface area contributed by atoms with Crippen molar-refractivity contribution >= 4 is 21.4 Å². The number of thiophene rings is 1. The van der Waals surface area contributed by atoms with Gasteiger partial charge in [-0.15, -0.1) is 11.3 Å². The summed E-state index contributed by atoms with van der Waals surface area (Å²) in [4.78, 5) is 0. The molecule has 0 spiro atoms. The average Bonchev–Trinajstić information content (AvgIpc) is 3.10. The lowest BCUT2D eigenvalue weighted by molar-refractivity contribution is 0.0304. The number of rotatable bonds is 3. The molecule has 3 heterocycles. The SMILES string of the molecule is Cc1cn[nH]c1[C@@H]1COCCN1S(=O)(=O)c1cccs1. The van der Waals surface area contributed by atoms with E-state index in [0.717, 1.165) is 11.3 Å². The van der Waals surface area contributed by atoms with Crippen LogP contribution < -0.4 is 0 Å². The van der Waals surface area contributed by atoms with Crippen molar-refractivity contribution in [2.24, 2.45) is 0 Å². The van der Waals surface area contributed by atoms with E-state index in [9.17, 15) is 8.42 Å². The van der Waals surface area contributed by atoms with Gasteiger partial charge in [0.05, 0.1) is 31.1 Å². The molecule has 1 N–H and O–H groups in total. The van der Waals surface area contributed by atoms with Gasteiger partial charge in [0.15, 0.2) is 0 Å². The fourth-order valence-corrected chi connectivity index (χ4v) is 5.01. The summed E-state index contributed by atoms with van der Waals surface area (Å²) in [6, 6.07) is 3.03. The normalized spacial score (nSPS) is 21.1. The molecule has 8 heteroatoms. The fourth-order valence-electron chi connectivity index (χ4n) is 2.32. The smallest absolute Gasteiger partial charge is 0.253 e. The van der Waals surface area contributed by atoms with Crippen LogP contribution >= 0.6 is 11.3 Å². The molecule has 3 rings (SSSR count). The summed E-state index contributed by atoms with van der Waals surface area (Å²) < 4.78 is 32.7. The van der Waals surface area contributed by atoms with Crippen molar-refractivity contribution in [3.05, 3.63) is 35.0 Å². The molecule has 108 valence electrons. The maximum atomic E-state index is 12.7. The Kier molecular flexibility index (Phi) is 3.63. The molecule has 0 bridgehead atoms. The van der Waals surface area contributed by atoms with Crippen molar-refractivity contribution in [1.82, 2.24) is 14.5 Å². The van der Waals surface area contributed by atoms with Crippen LogP contribution in [0.4, 0.5) is 0 Å². The molecular formula is C12H15N3O3S2. The van der Waals surface area contributed by atoms with Gasteiger partial charge in [-0.05, 0) is 23.9 Å². The highest BCUT2D eigenvalue weighted by Gasteiger charge is 2.36. The zero-order valence-electron chi connectivity index (χ0n) is 10.9. The summed E-state index contributed by atoms with van der Waals surface area (Å²) in [7, 11) is -3.49. The van der Waals surface area contributed by atoms with Crippen molar-refractivity contribution in [2.75, 3.05) is 19.8 Å². The van der Waals surface area contributed by atoms with Crippen molar-refractivity contribution in [1.29, 1.82) is 0 Å². The van der Waals surface area contributed by atoms with E-state index in [1.165, 1.54) is 15.6 Å². The number of H-pyrrole nitrogens is 1. The number of sulfonamides is 1. The van der Waals surface area contributed by atoms with Gasteiger partial charge < -0.3 is 4.74 Å². The van der Waals surface area contributed by atoms with Crippen LogP contribution in [0.1, 0.15) is 17.3 Å². The summed E-state index contributed by atoms with van der Waals surface area (Å²) in [6.45, 7) is 3.01. The molecule has 1 saturated heterocycles. The molecule has 1 atom stereocenters. The Balaban J connectivity index is 2.00. The quantitative estimate of drug-likeness (QED) is 0.932. The third-order valence-electron chi connectivity index (χ3n) is 3.34. The highest BCUT2D eigenvalue weighted by Crippen LogP contribution is 2.32. The zero-order valence-corrected chi connectivity index (χ0v) is 12.6. The highest BCUT2D eigenvalue weighted by molar-refractivity contribution is 7.91. The van der Waals surface area contributed by atoms with Crippen LogP contribution in [0, 0.1) is 6.92 Å². The number of hydrogen-bond acceptors (Lipinski definition) is 5. The molecule has 0 amide bonds. The Hall–Kier alpha value is -1.22. The summed E-state index contributed by atoms with van der Waals surface area (Å²) in [6.07, 6.45) is 1.69. The van der Waals surface area contributed by atoms with E-state index in [4.69, 9.17) is 4.74 Å². The largest absolute Gasteiger partial charge is 0.378 e. The zero-order chi connectivity index (χ0) is 14.2. The van der Waals surface area contributed by atoms with E-state index in [2.05, 4.69) is 10.2 Å². The second-order valence-corrected chi connectivity index (χ2v) is 7.67. The number of aromatic amines is 1. The molecule has 1 aliphatic rings. The van der Waals surface area contributed by atoms with E-state index < -0.39 is 10.0 Å². The van der Waals surface area contributed by atoms with Gasteiger partial charge in [0.2, 0.25) is 0 Å². The van der Waals surface area contributed by atoms with E-state index >= 15 is 0 Å². The van der Waals surface area contributed by atoms with Gasteiger partial charge in [0.25, 0.3) is 10.0 Å². The van der Waals surface area contributed by atoms with E-state index in [1.807, 2.05) is 6.92 Å². The van der Waals surface area contributed by atoms with Crippen molar-refractivity contribution in [2.45, 2.75) is 17.2 Å². The molecule has 1 fully saturated rings. The van der Waals surface area contributed by atoms with Crippen LogP contribution in [-0.2, 0) is 14.8 Å². The second kappa shape index (κ2) is 5.28. The van der Waals surface area contributed by atoms with E-state index in [-0.39, 0.29) is 6.04 Å². The van der Waals surface area contributed by atoms with Crippen LogP contribution in [0.15, 0.2) is 27.9 Å². The van der Waals surface area contributed by atoms with Crippen LogP contribution in [0.2, 0.25) is 0 Å². The number of aromatic nitrogens is 2. The van der Waals surface area contributed by atoms with Crippen molar-refractivity contribution < 1.29 is 13.2 Å². The molecule has 0 aliphatic carbocycles. The molecule has 0 unspecified atom stereocenters. The maximum absolute atomic E-state index is 12.7. The predicted octanol–water partition coefficient (Wildman–Crippen LogP) is 1.54. The Bertz CT molecular complexity index is 679. The summed E-state index contributed by atoms with van der Waals surface area (Å²) >= 11 is 1.23. The van der Waals surface area contributed by atoms with E-state index in [0.29, 0.717) is 24.0 Å². The molecule has 0 saturated carbocycles. The van der Waals surface area contributed by atoms with Crippen LogP contribution in [-0.4, -0.2) is 42.7 Å². The van der Waals surface area contributed by atoms with Crippen LogP contribution in [0.3, 0.4) is 0 Å². The fraction of sp³-hybridized carbons (Fsp3) is 0.417. The van der Waals surface area contributed by atoms with Crippen molar-refractivity contribution in [3.63, 3.8) is 0 Å². The molecule has 6 nitrogen and oxygen atoms in total. The van der Waals surface area contributed by atoms with Gasteiger partial charge in [-0.25, -0.2) is 8.42 Å². The van der Waals surface area contributed by atoms with Gasteiger partial charge in [-0.2, -0.15) is 9.40 Å². The molecular weight excluding hydrogens is 298 g/mol. The summed E-state index contributed by atoms with van der Waals surface area (Å²) in [5.74, 6) is 0. The highest BCUT2D eigenvalue weighted by atomic mass is 32.2. The van der Waals surface area contributed by atoms with Gasteiger partial charge in [0.1, 0.15) is 4.21 Å². The lowest BCUT2D eigenvalue weighted by Crippen LogP contribution is -2.43. The standard InChI is InChI=1S/C12H15N3O3S2/c1-9-7-13-14-12(9)10-8-18-5-4-15(10)20(16,17)11-3-2-6-19-11/h2-3,6-7,10H,4-5,8H2,1H3,(H,13,14)/t10-/m0/s1. The molecule has 2 aromatic heterocycles. The predicted molar refractivity (Wildman–Crippen MR) is 75.1 cm³/mol. The Morgan fingerprint density at radius 2 is 2.40 bits per heavy atom. The monoisotopic (exact) mass is 313 g/mol. The number of hydrogen-bond donors (Lipinski definition) is 1. The Morgan fingerprint density at radius 3 is 3.05 bits per heavy atom. The first-order valence-corrected chi connectivity index (χ1v) is 8.55. The lowest BCUT2D eigenvalue weighted by atomic mass is 10.1. The second-order valence-electron chi connectivity index (χ2n) is 4.61. The first-order chi connectivity index (χ1) is 9.60. The number of morpholine rings is 1. The molecule has 0 aromatic carbocycles. The first-order valence-electron chi connectivity index (χ1n) is 6.23. The molecule has 20 heavy (non-hydrogen) atoms. The third kappa shape index (κ3) is 2.28. The Labute approximate surface area is 121 Å². The minimum Gasteiger partial charge on any atom is -0.378 e. The lowest BCUT2D eigenvalue weighted by Gasteiger charge is -2.33. The molecule has 1 aliphatic heterocycles. The summed E-state index contributed by atoms with van der Waals surface area (Å²) in [5, 5.41) is 8.63. The van der Waals surface area contributed by atoms with Crippen molar-refractivity contribution in [3.8, 4) is 0 Å². The number of nitrogens with zero attached hydrogens (tertiary/aromatic N) is 2. The van der Waals surface area contributed by atoms with E-state index in [1.54, 1.807) is 23.7 Å². The van der Waals surface area contributed by atoms with Crippen LogP contribution in [0.25, 0.3) is 0 Å². The van der Waals surface area contributed by atoms with Gasteiger partial charge >= 0.3 is 0 Å². The Morgan fingerprint density at radius 1 is 1.55 bits per heavy atom. The average molecular weight is 313 g/mol.